The maximum Gasteiger partial charge on any atom is 0.221 e. The first kappa shape index (κ1) is 32.8. The molecule has 1 amide bonds. The van der Waals surface area contributed by atoms with Gasteiger partial charge in [-0.25, -0.2) is 0 Å². The van der Waals surface area contributed by atoms with Crippen LogP contribution in [0.1, 0.15) is 6.92 Å². The molecule has 0 radical (unpaired) electrons. The van der Waals surface area contributed by atoms with Gasteiger partial charge in [-0.1, -0.05) is 6.58 Å². The van der Waals surface area contributed by atoms with Crippen molar-refractivity contribution in [1.29, 1.82) is 0 Å². The molecule has 0 atom stereocenters. The van der Waals surface area contributed by atoms with Crippen molar-refractivity contribution in [2.45, 2.75) is 6.92 Å². The summed E-state index contributed by atoms with van der Waals surface area (Å²) in [6, 6.07) is 7.18. The van der Waals surface area contributed by atoms with Crippen molar-refractivity contribution in [3.05, 3.63) is 37.1 Å². The number of benzene rings is 1. The molecule has 1 aromatic rings. The van der Waals surface area contributed by atoms with E-state index in [0.29, 0.717) is 106 Å². The predicted octanol–water partition coefficient (Wildman–Crippen LogP) is 2.30. The highest BCUT2D eigenvalue weighted by atomic mass is 16.6. The molecule has 0 fully saturated rings. The van der Waals surface area contributed by atoms with Crippen LogP contribution in [-0.2, 0) is 42.7 Å². The Balaban J connectivity index is 1.71. The van der Waals surface area contributed by atoms with E-state index in [0.717, 1.165) is 11.4 Å². The highest BCUT2D eigenvalue weighted by molar-refractivity contribution is 5.88. The highest BCUT2D eigenvalue weighted by Crippen LogP contribution is 2.15. The van der Waals surface area contributed by atoms with E-state index >= 15 is 0 Å². The second-order valence-corrected chi connectivity index (χ2v) is 7.38. The summed E-state index contributed by atoms with van der Waals surface area (Å²) in [4.78, 5) is 11.0. The number of ether oxygens (including phenoxy) is 9. The fourth-order valence-electron chi connectivity index (χ4n) is 2.67. The Kier molecular flexibility index (Phi) is 22.5. The summed E-state index contributed by atoms with van der Waals surface area (Å²) in [6.07, 6.45) is 1.39. The van der Waals surface area contributed by atoms with Gasteiger partial charge in [0.2, 0.25) is 5.91 Å². The van der Waals surface area contributed by atoms with E-state index in [1.54, 1.807) is 24.3 Å². The van der Waals surface area contributed by atoms with Gasteiger partial charge in [0.25, 0.3) is 0 Å². The summed E-state index contributed by atoms with van der Waals surface area (Å²) in [7, 11) is 0. The third kappa shape index (κ3) is 22.7. The molecule has 11 nitrogen and oxygen atoms in total. The average Bonchev–Trinajstić information content (AvgIpc) is 2.89. The molecule has 37 heavy (non-hydrogen) atoms. The molecule has 212 valence electrons. The molecule has 0 bridgehead atoms. The van der Waals surface area contributed by atoms with Crippen molar-refractivity contribution < 1.29 is 47.4 Å². The minimum absolute atomic E-state index is 0.106. The van der Waals surface area contributed by atoms with Gasteiger partial charge in [-0.2, -0.15) is 0 Å². The Morgan fingerprint density at radius 2 is 0.973 bits per heavy atom. The van der Waals surface area contributed by atoms with Crippen molar-refractivity contribution in [1.82, 2.24) is 0 Å². The van der Waals surface area contributed by atoms with E-state index < -0.39 is 0 Å². The molecule has 0 saturated heterocycles. The quantitative estimate of drug-likeness (QED) is 0.135. The molecule has 0 aliphatic rings. The monoisotopic (exact) mass is 529 g/mol. The van der Waals surface area contributed by atoms with E-state index in [2.05, 4.69) is 11.9 Å². The van der Waals surface area contributed by atoms with Gasteiger partial charge in [0.1, 0.15) is 19.0 Å². The third-order valence-corrected chi connectivity index (χ3v) is 4.37. The molecule has 0 saturated carbocycles. The Hall–Kier alpha value is -2.25. The smallest absolute Gasteiger partial charge is 0.221 e. The van der Waals surface area contributed by atoms with Crippen LogP contribution in [0.2, 0.25) is 0 Å². The van der Waals surface area contributed by atoms with E-state index in [-0.39, 0.29) is 5.91 Å². The van der Waals surface area contributed by atoms with Crippen LogP contribution >= 0.6 is 0 Å². The van der Waals surface area contributed by atoms with Crippen molar-refractivity contribution in [3.8, 4) is 5.75 Å². The van der Waals surface area contributed by atoms with Gasteiger partial charge in [-0.15, -0.1) is 0 Å². The standard InChI is InChI=1S/C26H43NO10/c1-3-29-8-9-30-10-11-31-12-13-32-14-15-33-16-17-34-18-19-35-20-21-36-22-23-37-26-6-4-25(5-7-26)27-24(2)28/h3-7H,1,8-23H2,2H3,(H,27,28). The number of carbonyl (C=O) groups is 1. The summed E-state index contributed by atoms with van der Waals surface area (Å²) in [5.41, 5.74) is 0.734. The van der Waals surface area contributed by atoms with Crippen molar-refractivity contribution in [2.75, 3.05) is 111 Å². The summed E-state index contributed by atoms with van der Waals surface area (Å²) in [5, 5.41) is 2.71. The number of nitrogens with one attached hydrogen (secondary N) is 1. The van der Waals surface area contributed by atoms with Crippen LogP contribution in [0.5, 0.6) is 5.75 Å². The van der Waals surface area contributed by atoms with Gasteiger partial charge in [-0.3, -0.25) is 4.79 Å². The van der Waals surface area contributed by atoms with Crippen LogP contribution in [0.3, 0.4) is 0 Å². The first-order chi connectivity index (χ1) is 18.2. The molecule has 0 unspecified atom stereocenters. The second-order valence-electron chi connectivity index (χ2n) is 7.38. The van der Waals surface area contributed by atoms with Crippen LogP contribution in [-0.4, -0.2) is 112 Å². The first-order valence-electron chi connectivity index (χ1n) is 12.5. The second kappa shape index (κ2) is 25.4. The van der Waals surface area contributed by atoms with Crippen LogP contribution in [0, 0.1) is 0 Å². The number of hydrogen-bond donors (Lipinski definition) is 1. The summed E-state index contributed by atoms with van der Waals surface area (Å²) in [5.74, 6) is 0.613. The van der Waals surface area contributed by atoms with Gasteiger partial charge in [-0.05, 0) is 24.3 Å². The van der Waals surface area contributed by atoms with Gasteiger partial charge >= 0.3 is 0 Å². The van der Waals surface area contributed by atoms with E-state index in [4.69, 9.17) is 42.6 Å². The summed E-state index contributed by atoms with van der Waals surface area (Å²) >= 11 is 0. The molecule has 1 N–H and O–H groups in total. The van der Waals surface area contributed by atoms with Gasteiger partial charge < -0.3 is 47.9 Å². The number of amides is 1. The highest BCUT2D eigenvalue weighted by Gasteiger charge is 1.98. The minimum atomic E-state index is -0.106. The van der Waals surface area contributed by atoms with Gasteiger partial charge in [0.15, 0.2) is 0 Å². The van der Waals surface area contributed by atoms with Crippen molar-refractivity contribution in [2.24, 2.45) is 0 Å². The Bertz CT molecular complexity index is 659. The summed E-state index contributed by atoms with van der Waals surface area (Å²) < 4.78 is 48.5. The van der Waals surface area contributed by atoms with Crippen LogP contribution in [0.25, 0.3) is 0 Å². The number of carbonyl (C=O) groups excluding carboxylic acids is 1. The van der Waals surface area contributed by atoms with Crippen molar-refractivity contribution >= 4 is 11.6 Å². The fourth-order valence-corrected chi connectivity index (χ4v) is 2.67. The molecule has 0 aliphatic carbocycles. The topological polar surface area (TPSA) is 112 Å². The molecule has 11 heteroatoms. The number of rotatable bonds is 27. The molecular weight excluding hydrogens is 486 g/mol. The SMILES string of the molecule is C=COCCOCCOCCOCCOCCOCCOCCOCCOc1ccc(NC(C)=O)cc1. The Morgan fingerprint density at radius 1 is 0.622 bits per heavy atom. The molecule has 0 spiro atoms. The predicted molar refractivity (Wildman–Crippen MR) is 138 cm³/mol. The molecule has 1 rings (SSSR count). The van der Waals surface area contributed by atoms with Gasteiger partial charge in [0, 0.05) is 12.6 Å². The minimum Gasteiger partial charge on any atom is -0.499 e. The zero-order valence-corrected chi connectivity index (χ0v) is 22.0. The lowest BCUT2D eigenvalue weighted by Crippen LogP contribution is -2.15. The third-order valence-electron chi connectivity index (χ3n) is 4.37. The van der Waals surface area contributed by atoms with Crippen LogP contribution in [0.15, 0.2) is 37.1 Å². The number of anilines is 1. The number of hydrogen-bond acceptors (Lipinski definition) is 10. The van der Waals surface area contributed by atoms with Gasteiger partial charge in [0.05, 0.1) is 98.8 Å². The van der Waals surface area contributed by atoms with Crippen LogP contribution < -0.4 is 10.1 Å². The first-order valence-corrected chi connectivity index (χ1v) is 12.5. The molecule has 0 heterocycles. The van der Waals surface area contributed by atoms with Crippen LogP contribution in [0.4, 0.5) is 5.69 Å². The van der Waals surface area contributed by atoms with Crippen molar-refractivity contribution in [3.63, 3.8) is 0 Å². The van der Waals surface area contributed by atoms with E-state index in [9.17, 15) is 4.79 Å². The lowest BCUT2D eigenvalue weighted by atomic mass is 10.3. The zero-order chi connectivity index (χ0) is 26.7. The largest absolute Gasteiger partial charge is 0.499 e. The van der Waals surface area contributed by atoms with E-state index in [1.165, 1.54) is 13.2 Å². The fraction of sp³-hybridized carbons (Fsp3) is 0.654. The Morgan fingerprint density at radius 3 is 1.32 bits per heavy atom. The van der Waals surface area contributed by atoms with E-state index in [1.807, 2.05) is 0 Å². The maximum absolute atomic E-state index is 11.0. The molecule has 1 aromatic carbocycles. The molecule has 0 aromatic heterocycles. The molecular formula is C26H43NO10. The summed E-state index contributed by atoms with van der Waals surface area (Å²) in [6.45, 7) is 12.9. The lowest BCUT2D eigenvalue weighted by molar-refractivity contribution is -0.114. The molecule has 0 aliphatic heterocycles. The average molecular weight is 530 g/mol. The Labute approximate surface area is 220 Å². The normalized spacial score (nSPS) is 10.8. The zero-order valence-electron chi connectivity index (χ0n) is 22.0. The lowest BCUT2D eigenvalue weighted by Gasteiger charge is -2.09. The maximum atomic E-state index is 11.0.